The smallest absolute Gasteiger partial charge is 0.262 e. The number of benzene rings is 3. The maximum atomic E-state index is 12.7. The molecule has 0 saturated heterocycles. The third-order valence-corrected chi connectivity index (χ3v) is 5.26. The minimum Gasteiger partial charge on any atom is -0.495 e. The number of methoxy groups -OCH3 is 1. The largest absolute Gasteiger partial charge is 0.495 e. The van der Waals surface area contributed by atoms with Crippen molar-refractivity contribution in [2.45, 2.75) is 11.8 Å². The summed E-state index contributed by atoms with van der Waals surface area (Å²) in [6.45, 7) is 1.91. The number of hydrogen-bond acceptors (Lipinski definition) is 3. The summed E-state index contributed by atoms with van der Waals surface area (Å²) < 4.78 is 33.3. The summed E-state index contributed by atoms with van der Waals surface area (Å²) in [6, 6.07) is 21.9. The molecule has 0 aliphatic heterocycles. The zero-order chi connectivity index (χ0) is 17.9. The van der Waals surface area contributed by atoms with Crippen LogP contribution in [-0.2, 0) is 10.0 Å². The normalized spacial score (nSPS) is 11.1. The first-order valence-corrected chi connectivity index (χ1v) is 9.31. The predicted octanol–water partition coefficient (Wildman–Crippen LogP) is 4.47. The van der Waals surface area contributed by atoms with E-state index in [9.17, 15) is 8.42 Å². The van der Waals surface area contributed by atoms with Gasteiger partial charge in [-0.1, -0.05) is 54.1 Å². The highest BCUT2D eigenvalue weighted by Gasteiger charge is 2.17. The number of ether oxygens (including phenoxy) is 1. The molecule has 0 bridgehead atoms. The molecule has 0 fully saturated rings. The van der Waals surface area contributed by atoms with Crippen molar-refractivity contribution in [3.63, 3.8) is 0 Å². The molecule has 128 valence electrons. The lowest BCUT2D eigenvalue weighted by atomic mass is 10.1. The monoisotopic (exact) mass is 353 g/mol. The number of nitrogens with one attached hydrogen (secondary N) is 1. The SMILES string of the molecule is COc1ccc(-c2ccccc2)cc1NS(=O)(=O)c1ccc(C)cc1. The van der Waals surface area contributed by atoms with Gasteiger partial charge in [-0.05, 0) is 42.3 Å². The fraction of sp³-hybridized carbons (Fsp3) is 0.100. The standard InChI is InChI=1S/C20H19NO3S/c1-15-8-11-18(12-9-15)25(22,23)21-19-14-17(10-13-20(19)24-2)16-6-4-3-5-7-16/h3-14,21H,1-2H3. The Kier molecular flexibility index (Phi) is 4.76. The Balaban J connectivity index is 1.99. The number of sulfonamides is 1. The maximum Gasteiger partial charge on any atom is 0.262 e. The maximum absolute atomic E-state index is 12.7. The second-order valence-electron chi connectivity index (χ2n) is 5.70. The third-order valence-electron chi connectivity index (χ3n) is 3.88. The van der Waals surface area contributed by atoms with E-state index in [2.05, 4.69) is 4.72 Å². The van der Waals surface area contributed by atoms with Gasteiger partial charge in [-0.3, -0.25) is 4.72 Å². The molecule has 0 spiro atoms. The Morgan fingerprint density at radius 2 is 1.52 bits per heavy atom. The third kappa shape index (κ3) is 3.83. The Bertz CT molecular complexity index is 966. The lowest BCUT2D eigenvalue weighted by molar-refractivity contribution is 0.417. The molecule has 4 nitrogen and oxygen atoms in total. The molecule has 0 radical (unpaired) electrons. The predicted molar refractivity (Wildman–Crippen MR) is 100 cm³/mol. The van der Waals surface area contributed by atoms with Crippen LogP contribution in [0.5, 0.6) is 5.75 Å². The van der Waals surface area contributed by atoms with Crippen molar-refractivity contribution in [2.24, 2.45) is 0 Å². The van der Waals surface area contributed by atoms with Crippen molar-refractivity contribution in [3.05, 3.63) is 78.4 Å². The molecule has 3 rings (SSSR count). The van der Waals surface area contributed by atoms with Gasteiger partial charge in [0.05, 0.1) is 17.7 Å². The number of aryl methyl sites for hydroxylation is 1. The molecule has 3 aromatic carbocycles. The first kappa shape index (κ1) is 17.0. The Hall–Kier alpha value is -2.79. The van der Waals surface area contributed by atoms with Crippen LogP contribution in [0, 0.1) is 6.92 Å². The van der Waals surface area contributed by atoms with E-state index < -0.39 is 10.0 Å². The number of hydrogen-bond donors (Lipinski definition) is 1. The summed E-state index contributed by atoms with van der Waals surface area (Å²) >= 11 is 0. The summed E-state index contributed by atoms with van der Waals surface area (Å²) in [5.41, 5.74) is 3.32. The summed E-state index contributed by atoms with van der Waals surface area (Å²) in [5, 5.41) is 0. The fourth-order valence-electron chi connectivity index (χ4n) is 2.52. The highest BCUT2D eigenvalue weighted by molar-refractivity contribution is 7.92. The van der Waals surface area contributed by atoms with Crippen LogP contribution >= 0.6 is 0 Å². The zero-order valence-corrected chi connectivity index (χ0v) is 14.9. The molecule has 0 heterocycles. The minimum atomic E-state index is -3.69. The Labute approximate surface area is 148 Å². The van der Waals surface area contributed by atoms with Crippen LogP contribution in [0.15, 0.2) is 77.7 Å². The van der Waals surface area contributed by atoms with Gasteiger partial charge < -0.3 is 4.74 Å². The summed E-state index contributed by atoms with van der Waals surface area (Å²) in [6.07, 6.45) is 0. The van der Waals surface area contributed by atoms with Gasteiger partial charge in [0.15, 0.2) is 0 Å². The molecule has 3 aromatic rings. The van der Waals surface area contributed by atoms with Crippen LogP contribution in [0.4, 0.5) is 5.69 Å². The van der Waals surface area contributed by atoms with Crippen molar-refractivity contribution in [1.82, 2.24) is 0 Å². The molecule has 0 unspecified atom stereocenters. The van der Waals surface area contributed by atoms with Gasteiger partial charge in [-0.2, -0.15) is 0 Å². The van der Waals surface area contributed by atoms with Gasteiger partial charge in [0.1, 0.15) is 5.75 Å². The molecule has 0 aliphatic carbocycles. The van der Waals surface area contributed by atoms with E-state index >= 15 is 0 Å². The Morgan fingerprint density at radius 3 is 2.16 bits per heavy atom. The van der Waals surface area contributed by atoms with Crippen LogP contribution in [0.1, 0.15) is 5.56 Å². The highest BCUT2D eigenvalue weighted by atomic mass is 32.2. The molecule has 1 N–H and O–H groups in total. The van der Waals surface area contributed by atoms with Crippen molar-refractivity contribution >= 4 is 15.7 Å². The lowest BCUT2D eigenvalue weighted by Crippen LogP contribution is -2.13. The molecular formula is C20H19NO3S. The van der Waals surface area contributed by atoms with Crippen LogP contribution in [0.2, 0.25) is 0 Å². The molecule has 0 aromatic heterocycles. The fourth-order valence-corrected chi connectivity index (χ4v) is 3.58. The van der Waals surface area contributed by atoms with Crippen LogP contribution in [-0.4, -0.2) is 15.5 Å². The first-order chi connectivity index (χ1) is 12.0. The van der Waals surface area contributed by atoms with Crippen molar-refractivity contribution < 1.29 is 13.2 Å². The lowest BCUT2D eigenvalue weighted by Gasteiger charge is -2.14. The topological polar surface area (TPSA) is 55.4 Å². The highest BCUT2D eigenvalue weighted by Crippen LogP contribution is 2.32. The molecule has 0 amide bonds. The summed E-state index contributed by atoms with van der Waals surface area (Å²) in [5.74, 6) is 0.468. The van der Waals surface area contributed by atoms with E-state index in [1.54, 1.807) is 36.4 Å². The van der Waals surface area contributed by atoms with E-state index in [1.807, 2.05) is 43.3 Å². The second kappa shape index (κ2) is 6.99. The number of anilines is 1. The van der Waals surface area contributed by atoms with Crippen molar-refractivity contribution in [2.75, 3.05) is 11.8 Å². The molecular weight excluding hydrogens is 334 g/mol. The van der Waals surface area contributed by atoms with Gasteiger partial charge >= 0.3 is 0 Å². The van der Waals surface area contributed by atoms with Gasteiger partial charge in [0.2, 0.25) is 0 Å². The minimum absolute atomic E-state index is 0.213. The molecule has 25 heavy (non-hydrogen) atoms. The van der Waals surface area contributed by atoms with E-state index in [-0.39, 0.29) is 4.90 Å². The van der Waals surface area contributed by atoms with Crippen molar-refractivity contribution in [1.29, 1.82) is 0 Å². The Morgan fingerprint density at radius 1 is 0.840 bits per heavy atom. The summed E-state index contributed by atoms with van der Waals surface area (Å²) in [7, 11) is -2.18. The molecule has 0 saturated carbocycles. The van der Waals surface area contributed by atoms with Crippen LogP contribution < -0.4 is 9.46 Å². The summed E-state index contributed by atoms with van der Waals surface area (Å²) in [4.78, 5) is 0.213. The van der Waals surface area contributed by atoms with Gasteiger partial charge in [-0.15, -0.1) is 0 Å². The van der Waals surface area contributed by atoms with E-state index in [1.165, 1.54) is 7.11 Å². The van der Waals surface area contributed by atoms with E-state index in [0.717, 1.165) is 16.7 Å². The van der Waals surface area contributed by atoms with Gasteiger partial charge in [0, 0.05) is 0 Å². The average molecular weight is 353 g/mol. The van der Waals surface area contributed by atoms with E-state index in [4.69, 9.17) is 4.74 Å². The van der Waals surface area contributed by atoms with Gasteiger partial charge in [-0.25, -0.2) is 8.42 Å². The molecule has 0 aliphatic rings. The molecule has 5 heteroatoms. The van der Waals surface area contributed by atoms with Gasteiger partial charge in [0.25, 0.3) is 10.0 Å². The van der Waals surface area contributed by atoms with Crippen LogP contribution in [0.25, 0.3) is 11.1 Å². The second-order valence-corrected chi connectivity index (χ2v) is 7.38. The molecule has 0 atom stereocenters. The van der Waals surface area contributed by atoms with E-state index in [0.29, 0.717) is 11.4 Å². The first-order valence-electron chi connectivity index (χ1n) is 7.82. The van der Waals surface area contributed by atoms with Crippen LogP contribution in [0.3, 0.4) is 0 Å². The zero-order valence-electron chi connectivity index (χ0n) is 14.1. The number of rotatable bonds is 5. The average Bonchev–Trinajstić information content (AvgIpc) is 2.62. The van der Waals surface area contributed by atoms with Crippen molar-refractivity contribution in [3.8, 4) is 16.9 Å². The quantitative estimate of drug-likeness (QED) is 0.736.